The number of benzene rings is 2. The Morgan fingerprint density at radius 1 is 1.00 bits per heavy atom. The fourth-order valence-corrected chi connectivity index (χ4v) is 4.20. The van der Waals surface area contributed by atoms with Crippen LogP contribution >= 0.6 is 15.9 Å². The predicted molar refractivity (Wildman–Crippen MR) is 125 cm³/mol. The van der Waals surface area contributed by atoms with Gasteiger partial charge in [0.25, 0.3) is 0 Å². The van der Waals surface area contributed by atoms with Gasteiger partial charge in [-0.3, -0.25) is 9.59 Å². The molecule has 2 amide bonds. The number of rotatable bonds is 7. The summed E-state index contributed by atoms with van der Waals surface area (Å²) in [6.07, 6.45) is -0.00944. The number of hydrogen-bond acceptors (Lipinski definition) is 5. The molecule has 9 heteroatoms. The molecule has 0 spiro atoms. The van der Waals surface area contributed by atoms with E-state index < -0.39 is 30.4 Å². The Bertz CT molecular complexity index is 1170. The number of carboxylic acid groups (broad SMARTS) is 1. The number of anilines is 1. The van der Waals surface area contributed by atoms with Crippen LogP contribution in [0.5, 0.6) is 0 Å². The van der Waals surface area contributed by atoms with Gasteiger partial charge in [0, 0.05) is 12.1 Å². The van der Waals surface area contributed by atoms with Gasteiger partial charge < -0.3 is 20.5 Å². The maximum Gasteiger partial charge on any atom is 0.407 e. The zero-order valence-electron chi connectivity index (χ0n) is 17.3. The number of amides is 2. The van der Waals surface area contributed by atoms with Crippen LogP contribution < -0.4 is 10.6 Å². The summed E-state index contributed by atoms with van der Waals surface area (Å²) in [4.78, 5) is 40.4. The quantitative estimate of drug-likeness (QED) is 0.440. The fourth-order valence-electron chi connectivity index (χ4n) is 3.85. The van der Waals surface area contributed by atoms with E-state index in [2.05, 4.69) is 31.5 Å². The van der Waals surface area contributed by atoms with Crippen molar-refractivity contribution in [2.24, 2.45) is 0 Å². The Hall–Kier alpha value is -3.72. The molecule has 3 N–H and O–H groups in total. The van der Waals surface area contributed by atoms with Crippen LogP contribution in [0, 0.1) is 0 Å². The third-order valence-electron chi connectivity index (χ3n) is 5.33. The van der Waals surface area contributed by atoms with Crippen molar-refractivity contribution in [3.8, 4) is 11.1 Å². The summed E-state index contributed by atoms with van der Waals surface area (Å²) in [7, 11) is 0. The van der Waals surface area contributed by atoms with Gasteiger partial charge in [0.15, 0.2) is 0 Å². The Morgan fingerprint density at radius 3 is 2.24 bits per heavy atom. The molecule has 0 radical (unpaired) electrons. The largest absolute Gasteiger partial charge is 0.481 e. The summed E-state index contributed by atoms with van der Waals surface area (Å²) >= 11 is 3.26. The van der Waals surface area contributed by atoms with Gasteiger partial charge in [-0.15, -0.1) is 0 Å². The van der Waals surface area contributed by atoms with Crippen LogP contribution in [0.2, 0.25) is 0 Å². The number of alkyl carbamates (subject to hydrolysis) is 1. The van der Waals surface area contributed by atoms with Gasteiger partial charge in [0.1, 0.15) is 18.5 Å². The number of hydrogen-bond donors (Lipinski definition) is 3. The van der Waals surface area contributed by atoms with E-state index >= 15 is 0 Å². The minimum absolute atomic E-state index is 0.0487. The van der Waals surface area contributed by atoms with Crippen molar-refractivity contribution in [3.05, 3.63) is 82.5 Å². The van der Waals surface area contributed by atoms with Crippen molar-refractivity contribution in [2.75, 3.05) is 11.9 Å². The molecule has 33 heavy (non-hydrogen) atoms. The number of aliphatic carboxylic acids is 1. The highest BCUT2D eigenvalue weighted by molar-refractivity contribution is 9.10. The number of ether oxygens (including phenoxy) is 1. The van der Waals surface area contributed by atoms with Crippen LogP contribution in [0.15, 0.2) is 71.3 Å². The van der Waals surface area contributed by atoms with E-state index in [0.717, 1.165) is 22.3 Å². The highest BCUT2D eigenvalue weighted by atomic mass is 79.9. The number of carboxylic acids is 1. The van der Waals surface area contributed by atoms with Crippen LogP contribution in [-0.2, 0) is 14.3 Å². The number of pyridine rings is 1. The van der Waals surface area contributed by atoms with Crippen molar-refractivity contribution >= 4 is 39.7 Å². The Labute approximate surface area is 198 Å². The minimum atomic E-state index is -1.34. The molecule has 1 aliphatic rings. The second kappa shape index (κ2) is 9.83. The van der Waals surface area contributed by atoms with E-state index in [1.807, 2.05) is 48.5 Å². The Morgan fingerprint density at radius 2 is 1.64 bits per heavy atom. The summed E-state index contributed by atoms with van der Waals surface area (Å²) in [5.41, 5.74) is 4.27. The van der Waals surface area contributed by atoms with Gasteiger partial charge in [-0.2, -0.15) is 0 Å². The number of carbonyl (C=O) groups excluding carboxylic acids is 2. The van der Waals surface area contributed by atoms with Crippen molar-refractivity contribution in [3.63, 3.8) is 0 Å². The molecular formula is C24H20BrN3O5. The van der Waals surface area contributed by atoms with Crippen LogP contribution in [0.4, 0.5) is 10.6 Å². The molecule has 1 unspecified atom stereocenters. The second-order valence-electron chi connectivity index (χ2n) is 7.44. The molecule has 1 aliphatic carbocycles. The maximum atomic E-state index is 12.6. The van der Waals surface area contributed by atoms with E-state index in [1.165, 1.54) is 6.20 Å². The third-order valence-corrected chi connectivity index (χ3v) is 5.97. The van der Waals surface area contributed by atoms with E-state index in [1.54, 1.807) is 12.1 Å². The second-order valence-corrected chi connectivity index (χ2v) is 8.30. The molecule has 3 aromatic rings. The van der Waals surface area contributed by atoms with Crippen molar-refractivity contribution in [1.29, 1.82) is 0 Å². The van der Waals surface area contributed by atoms with E-state index in [-0.39, 0.29) is 18.3 Å². The minimum Gasteiger partial charge on any atom is -0.481 e. The zero-order chi connectivity index (χ0) is 23.4. The predicted octanol–water partition coefficient (Wildman–Crippen LogP) is 4.16. The van der Waals surface area contributed by atoms with Gasteiger partial charge in [0.2, 0.25) is 5.91 Å². The first-order valence-electron chi connectivity index (χ1n) is 10.2. The van der Waals surface area contributed by atoms with Crippen LogP contribution in [0.1, 0.15) is 23.5 Å². The summed E-state index contributed by atoms with van der Waals surface area (Å²) in [5, 5.41) is 14.1. The molecule has 1 heterocycles. The van der Waals surface area contributed by atoms with Crippen LogP contribution in [-0.4, -0.2) is 40.7 Å². The van der Waals surface area contributed by atoms with Gasteiger partial charge in [-0.25, -0.2) is 9.78 Å². The molecule has 0 aliphatic heterocycles. The van der Waals surface area contributed by atoms with Crippen molar-refractivity contribution in [2.45, 2.75) is 18.4 Å². The molecule has 8 nitrogen and oxygen atoms in total. The zero-order valence-corrected chi connectivity index (χ0v) is 18.9. The lowest BCUT2D eigenvalue weighted by Gasteiger charge is -2.18. The van der Waals surface area contributed by atoms with E-state index in [0.29, 0.717) is 4.47 Å². The third kappa shape index (κ3) is 5.04. The molecule has 0 fully saturated rings. The molecule has 1 aromatic heterocycles. The molecule has 0 saturated heterocycles. The summed E-state index contributed by atoms with van der Waals surface area (Å²) in [6, 6.07) is 17.8. The molecule has 0 saturated carbocycles. The normalized spacial score (nSPS) is 12.9. The van der Waals surface area contributed by atoms with Crippen molar-refractivity contribution in [1.82, 2.24) is 10.3 Å². The number of nitrogens with zero attached hydrogens (tertiary/aromatic N) is 1. The number of fused-ring (bicyclic) bond motifs is 3. The van der Waals surface area contributed by atoms with Gasteiger partial charge in [-0.1, -0.05) is 48.5 Å². The lowest BCUT2D eigenvalue weighted by Crippen LogP contribution is -2.45. The monoisotopic (exact) mass is 509 g/mol. The molecule has 2 aromatic carbocycles. The summed E-state index contributed by atoms with van der Waals surface area (Å²) in [5.74, 6) is -1.90. The average Bonchev–Trinajstić information content (AvgIpc) is 3.12. The lowest BCUT2D eigenvalue weighted by atomic mass is 9.98. The van der Waals surface area contributed by atoms with Gasteiger partial charge in [0.05, 0.1) is 10.9 Å². The highest BCUT2D eigenvalue weighted by Crippen LogP contribution is 2.44. The maximum absolute atomic E-state index is 12.6. The van der Waals surface area contributed by atoms with Gasteiger partial charge >= 0.3 is 12.1 Å². The number of carbonyl (C=O) groups is 3. The average molecular weight is 510 g/mol. The highest BCUT2D eigenvalue weighted by Gasteiger charge is 2.30. The number of halogens is 1. The molecule has 0 bridgehead atoms. The smallest absolute Gasteiger partial charge is 0.407 e. The lowest BCUT2D eigenvalue weighted by molar-refractivity contribution is -0.139. The Balaban J connectivity index is 1.43. The first-order chi connectivity index (χ1) is 15.9. The van der Waals surface area contributed by atoms with Crippen molar-refractivity contribution < 1.29 is 24.2 Å². The topological polar surface area (TPSA) is 118 Å². The van der Waals surface area contributed by atoms with E-state index in [4.69, 9.17) is 4.74 Å². The molecule has 168 valence electrons. The summed E-state index contributed by atoms with van der Waals surface area (Å²) in [6.45, 7) is 0.0487. The first kappa shape index (κ1) is 22.5. The molecule has 4 rings (SSSR count). The van der Waals surface area contributed by atoms with Gasteiger partial charge in [-0.05, 0) is 50.3 Å². The fraction of sp³-hybridized carbons (Fsp3) is 0.167. The summed E-state index contributed by atoms with van der Waals surface area (Å²) < 4.78 is 5.95. The molecule has 1 atom stereocenters. The SMILES string of the molecule is O=C(O)CC(NC(=O)OCC1c2ccccc2-c2ccccc21)C(=O)Nc1ncccc1Br. The Kier molecular flexibility index (Phi) is 6.69. The number of nitrogens with one attached hydrogen (secondary N) is 2. The molecular weight excluding hydrogens is 490 g/mol. The number of aromatic nitrogens is 1. The standard InChI is InChI=1S/C24H20BrN3O5/c25-19-10-5-11-26-22(19)28-23(31)20(12-21(29)30)27-24(32)33-13-18-16-8-3-1-6-14(16)15-7-2-4-9-17(15)18/h1-11,18,20H,12-13H2,(H,27,32)(H,29,30)(H,26,28,31). The van der Waals surface area contributed by atoms with Crippen LogP contribution in [0.3, 0.4) is 0 Å². The first-order valence-corrected chi connectivity index (χ1v) is 11.0. The van der Waals surface area contributed by atoms with Crippen LogP contribution in [0.25, 0.3) is 11.1 Å². The van der Waals surface area contributed by atoms with E-state index in [9.17, 15) is 19.5 Å².